The van der Waals surface area contributed by atoms with Gasteiger partial charge in [0.25, 0.3) is 9.05 Å². The zero-order valence-corrected chi connectivity index (χ0v) is 10.3. The lowest BCUT2D eigenvalue weighted by molar-refractivity contribution is -0.120. The summed E-state index contributed by atoms with van der Waals surface area (Å²) >= 11 is 0. The molecule has 0 spiro atoms. The first-order chi connectivity index (χ1) is 7.89. The molecule has 1 aromatic carbocycles. The van der Waals surface area contributed by atoms with Gasteiger partial charge in [-0.25, -0.2) is 8.42 Å². The summed E-state index contributed by atoms with van der Waals surface area (Å²) < 4.78 is 27.7. The van der Waals surface area contributed by atoms with Crippen molar-refractivity contribution < 1.29 is 17.9 Å². The summed E-state index contributed by atoms with van der Waals surface area (Å²) in [4.78, 5) is 11.2. The van der Waals surface area contributed by atoms with E-state index in [4.69, 9.17) is 21.2 Å². The van der Waals surface area contributed by atoms with E-state index in [0.29, 0.717) is 24.3 Å². The molecule has 5 nitrogen and oxygen atoms in total. The molecular formula is C10H10ClNO4S. The molecule has 0 radical (unpaired) electrons. The van der Waals surface area contributed by atoms with Gasteiger partial charge in [-0.2, -0.15) is 0 Å². The number of halogens is 1. The quantitative estimate of drug-likeness (QED) is 0.815. The van der Waals surface area contributed by atoms with Gasteiger partial charge in [0.2, 0.25) is 5.91 Å². The van der Waals surface area contributed by atoms with Crippen molar-refractivity contribution in [3.05, 3.63) is 23.8 Å². The number of primary amides is 1. The molecule has 7 heteroatoms. The van der Waals surface area contributed by atoms with E-state index in [1.54, 1.807) is 0 Å². The number of rotatable bonds is 2. The lowest BCUT2D eigenvalue weighted by Crippen LogP contribution is -2.27. The standard InChI is InChI=1S/C10H10ClNO4S/c11-17(14,15)6-1-2-9-8(5-6)7(10(12)13)3-4-16-9/h1-2,5,7H,3-4H2,(H2,12,13). The maximum absolute atomic E-state index is 11.3. The van der Waals surface area contributed by atoms with Crippen molar-refractivity contribution >= 4 is 25.6 Å². The van der Waals surface area contributed by atoms with Crippen LogP contribution in [-0.2, 0) is 13.8 Å². The molecule has 2 N–H and O–H groups in total. The number of fused-ring (bicyclic) bond motifs is 1. The van der Waals surface area contributed by atoms with Crippen molar-refractivity contribution in [3.8, 4) is 5.75 Å². The third-order valence-electron chi connectivity index (χ3n) is 2.65. The van der Waals surface area contributed by atoms with E-state index < -0.39 is 20.9 Å². The minimum absolute atomic E-state index is 0.0605. The largest absolute Gasteiger partial charge is 0.493 e. The van der Waals surface area contributed by atoms with Crippen LogP contribution in [0.25, 0.3) is 0 Å². The van der Waals surface area contributed by atoms with Gasteiger partial charge in [0.1, 0.15) is 5.75 Å². The Morgan fingerprint density at radius 1 is 1.47 bits per heavy atom. The summed E-state index contributed by atoms with van der Waals surface area (Å²) in [5.41, 5.74) is 5.74. The zero-order chi connectivity index (χ0) is 12.6. The second kappa shape index (κ2) is 4.19. The summed E-state index contributed by atoms with van der Waals surface area (Å²) in [5, 5.41) is 0. The highest BCUT2D eigenvalue weighted by Crippen LogP contribution is 2.35. The molecule has 1 aliphatic rings. The number of hydrogen-bond acceptors (Lipinski definition) is 4. The summed E-state index contributed by atoms with van der Waals surface area (Å²) in [6.45, 7) is 0.383. The van der Waals surface area contributed by atoms with Gasteiger partial charge < -0.3 is 10.5 Å². The molecule has 17 heavy (non-hydrogen) atoms. The van der Waals surface area contributed by atoms with Gasteiger partial charge in [0.05, 0.1) is 17.4 Å². The predicted octanol–water partition coefficient (Wildman–Crippen LogP) is 0.966. The lowest BCUT2D eigenvalue weighted by Gasteiger charge is -2.23. The molecule has 1 atom stereocenters. The van der Waals surface area contributed by atoms with Crippen LogP contribution >= 0.6 is 10.7 Å². The molecule has 92 valence electrons. The number of nitrogens with two attached hydrogens (primary N) is 1. The Balaban J connectivity index is 2.55. The molecule has 1 aliphatic heterocycles. The minimum Gasteiger partial charge on any atom is -0.493 e. The fourth-order valence-electron chi connectivity index (χ4n) is 1.82. The van der Waals surface area contributed by atoms with Gasteiger partial charge in [-0.1, -0.05) is 0 Å². The number of ether oxygens (including phenoxy) is 1. The van der Waals surface area contributed by atoms with Gasteiger partial charge in [0.15, 0.2) is 0 Å². The van der Waals surface area contributed by atoms with Gasteiger partial charge in [-0.15, -0.1) is 0 Å². The van der Waals surface area contributed by atoms with Crippen LogP contribution in [0.5, 0.6) is 5.75 Å². The molecule has 0 saturated heterocycles. The van der Waals surface area contributed by atoms with E-state index in [1.807, 2.05) is 0 Å². The Kier molecular flexibility index (Phi) is 3.01. The van der Waals surface area contributed by atoms with Crippen LogP contribution in [0.15, 0.2) is 23.1 Å². The van der Waals surface area contributed by atoms with E-state index >= 15 is 0 Å². The van der Waals surface area contributed by atoms with Crippen molar-refractivity contribution in [1.29, 1.82) is 0 Å². The molecule has 2 rings (SSSR count). The molecule has 1 aromatic rings. The van der Waals surface area contributed by atoms with Crippen molar-refractivity contribution in [2.24, 2.45) is 5.73 Å². The monoisotopic (exact) mass is 275 g/mol. The Labute approximate surface area is 103 Å². The third kappa shape index (κ3) is 2.37. The van der Waals surface area contributed by atoms with Crippen LogP contribution in [0.3, 0.4) is 0 Å². The van der Waals surface area contributed by atoms with Gasteiger partial charge in [-0.05, 0) is 24.6 Å². The average molecular weight is 276 g/mol. The van der Waals surface area contributed by atoms with E-state index in [2.05, 4.69) is 0 Å². The molecule has 1 heterocycles. The number of hydrogen-bond donors (Lipinski definition) is 1. The van der Waals surface area contributed by atoms with E-state index in [-0.39, 0.29) is 4.90 Å². The molecule has 0 fully saturated rings. The molecule has 1 amide bonds. The van der Waals surface area contributed by atoms with Crippen LogP contribution in [0, 0.1) is 0 Å². The number of amides is 1. The third-order valence-corrected chi connectivity index (χ3v) is 4.00. The summed E-state index contributed by atoms with van der Waals surface area (Å²) in [6.07, 6.45) is 0.439. The SMILES string of the molecule is NC(=O)C1CCOc2ccc(S(=O)(=O)Cl)cc21. The van der Waals surface area contributed by atoms with E-state index in [0.717, 1.165) is 0 Å². The first-order valence-corrected chi connectivity index (χ1v) is 7.21. The van der Waals surface area contributed by atoms with Crippen LogP contribution in [-0.4, -0.2) is 20.9 Å². The Hall–Kier alpha value is -1.27. The van der Waals surface area contributed by atoms with Crippen molar-refractivity contribution in [2.75, 3.05) is 6.61 Å². The highest BCUT2D eigenvalue weighted by molar-refractivity contribution is 8.13. The van der Waals surface area contributed by atoms with Crippen LogP contribution in [0.2, 0.25) is 0 Å². The summed E-state index contributed by atoms with van der Waals surface area (Å²) in [7, 11) is 1.42. The molecule has 0 saturated carbocycles. The fraction of sp³-hybridized carbons (Fsp3) is 0.300. The number of carbonyl (C=O) groups is 1. The molecule has 0 aromatic heterocycles. The number of benzene rings is 1. The fourth-order valence-corrected chi connectivity index (χ4v) is 2.61. The van der Waals surface area contributed by atoms with Crippen molar-refractivity contribution in [2.45, 2.75) is 17.2 Å². The molecule has 0 aliphatic carbocycles. The van der Waals surface area contributed by atoms with Crippen LogP contribution < -0.4 is 10.5 Å². The average Bonchev–Trinajstić information content (AvgIpc) is 2.26. The minimum atomic E-state index is -3.82. The first-order valence-electron chi connectivity index (χ1n) is 4.90. The topological polar surface area (TPSA) is 86.5 Å². The van der Waals surface area contributed by atoms with Gasteiger partial charge in [0, 0.05) is 16.2 Å². The van der Waals surface area contributed by atoms with Crippen molar-refractivity contribution in [3.63, 3.8) is 0 Å². The van der Waals surface area contributed by atoms with E-state index in [9.17, 15) is 13.2 Å². The second-order valence-corrected chi connectivity index (χ2v) is 6.30. The maximum atomic E-state index is 11.3. The van der Waals surface area contributed by atoms with Gasteiger partial charge >= 0.3 is 0 Å². The van der Waals surface area contributed by atoms with Crippen LogP contribution in [0.4, 0.5) is 0 Å². The molecule has 1 unspecified atom stereocenters. The second-order valence-electron chi connectivity index (χ2n) is 3.73. The highest BCUT2D eigenvalue weighted by atomic mass is 35.7. The smallest absolute Gasteiger partial charge is 0.261 e. The van der Waals surface area contributed by atoms with E-state index in [1.165, 1.54) is 18.2 Å². The Morgan fingerprint density at radius 3 is 2.76 bits per heavy atom. The van der Waals surface area contributed by atoms with Crippen molar-refractivity contribution in [1.82, 2.24) is 0 Å². The molecule has 0 bridgehead atoms. The number of carbonyl (C=O) groups excluding carboxylic acids is 1. The molecular weight excluding hydrogens is 266 g/mol. The van der Waals surface area contributed by atoms with Crippen LogP contribution in [0.1, 0.15) is 17.9 Å². The normalized spacial score (nSPS) is 19.2. The Bertz CT molecular complexity index is 570. The predicted molar refractivity (Wildman–Crippen MR) is 61.5 cm³/mol. The summed E-state index contributed by atoms with van der Waals surface area (Å²) in [6, 6.07) is 4.16. The Morgan fingerprint density at radius 2 is 2.18 bits per heavy atom. The zero-order valence-electron chi connectivity index (χ0n) is 8.72. The highest BCUT2D eigenvalue weighted by Gasteiger charge is 2.27. The maximum Gasteiger partial charge on any atom is 0.261 e. The first kappa shape index (κ1) is 12.2. The summed E-state index contributed by atoms with van der Waals surface area (Å²) in [5.74, 6) is -0.556. The van der Waals surface area contributed by atoms with Gasteiger partial charge in [-0.3, -0.25) is 4.79 Å². The lowest BCUT2D eigenvalue weighted by atomic mass is 9.93.